The summed E-state index contributed by atoms with van der Waals surface area (Å²) in [5, 5.41) is 0.313. The Morgan fingerprint density at radius 3 is 2.88 bits per heavy atom. The van der Waals surface area contributed by atoms with Gasteiger partial charge in [0, 0.05) is 22.9 Å². The lowest BCUT2D eigenvalue weighted by molar-refractivity contribution is 0.452. The van der Waals surface area contributed by atoms with E-state index in [1.165, 1.54) is 0 Å². The molecule has 1 fully saturated rings. The van der Waals surface area contributed by atoms with Crippen LogP contribution >= 0.6 is 27.5 Å². The van der Waals surface area contributed by atoms with Gasteiger partial charge in [-0.2, -0.15) is 0 Å². The lowest BCUT2D eigenvalue weighted by Gasteiger charge is -2.35. The standard InChI is InChI=1S/C12H16BrClN2/c1-8-7-16(6-5-11(8)14)12-4-3-10(13)9(2)15-12/h3-4,8,11H,5-7H2,1-2H3. The molecule has 1 aliphatic heterocycles. The molecule has 1 aromatic rings. The fraction of sp³-hybridized carbons (Fsp3) is 0.583. The molecule has 2 atom stereocenters. The maximum absolute atomic E-state index is 6.22. The molecule has 0 spiro atoms. The topological polar surface area (TPSA) is 16.1 Å². The third-order valence-electron chi connectivity index (χ3n) is 3.13. The summed E-state index contributed by atoms with van der Waals surface area (Å²) in [5.41, 5.74) is 1.04. The van der Waals surface area contributed by atoms with Gasteiger partial charge in [-0.3, -0.25) is 0 Å². The molecule has 0 saturated carbocycles. The van der Waals surface area contributed by atoms with E-state index in [0.717, 1.165) is 35.5 Å². The number of hydrogen-bond acceptors (Lipinski definition) is 2. The van der Waals surface area contributed by atoms with Gasteiger partial charge in [-0.05, 0) is 47.3 Å². The molecule has 1 saturated heterocycles. The van der Waals surface area contributed by atoms with Crippen molar-refractivity contribution in [2.45, 2.75) is 25.6 Å². The quantitative estimate of drug-likeness (QED) is 0.737. The Morgan fingerprint density at radius 2 is 2.25 bits per heavy atom. The first-order valence-electron chi connectivity index (χ1n) is 5.60. The van der Waals surface area contributed by atoms with Gasteiger partial charge in [-0.15, -0.1) is 11.6 Å². The lowest BCUT2D eigenvalue weighted by Crippen LogP contribution is -2.40. The SMILES string of the molecule is Cc1nc(N2CCC(Cl)C(C)C2)ccc1Br. The number of hydrogen-bond donors (Lipinski definition) is 0. The summed E-state index contributed by atoms with van der Waals surface area (Å²) in [7, 11) is 0. The molecule has 88 valence electrons. The Hall–Kier alpha value is -0.280. The average Bonchev–Trinajstić information content (AvgIpc) is 2.26. The third kappa shape index (κ3) is 2.51. The minimum atomic E-state index is 0.313. The van der Waals surface area contributed by atoms with Crippen molar-refractivity contribution in [3.05, 3.63) is 22.3 Å². The summed E-state index contributed by atoms with van der Waals surface area (Å²) in [6.45, 7) is 6.23. The fourth-order valence-corrected chi connectivity index (χ4v) is 2.43. The Balaban J connectivity index is 2.15. The van der Waals surface area contributed by atoms with Crippen LogP contribution in [0.5, 0.6) is 0 Å². The van der Waals surface area contributed by atoms with Gasteiger partial charge in [-0.25, -0.2) is 4.98 Å². The highest BCUT2D eigenvalue weighted by Crippen LogP contribution is 2.26. The second kappa shape index (κ2) is 4.92. The summed E-state index contributed by atoms with van der Waals surface area (Å²) in [5.74, 6) is 1.59. The largest absolute Gasteiger partial charge is 0.356 e. The predicted octanol–water partition coefficient (Wildman–Crippen LogP) is 3.61. The number of anilines is 1. The van der Waals surface area contributed by atoms with Crippen LogP contribution in [0.15, 0.2) is 16.6 Å². The van der Waals surface area contributed by atoms with Crippen LogP contribution in [0, 0.1) is 12.8 Å². The molecule has 0 aliphatic carbocycles. The normalized spacial score (nSPS) is 25.9. The van der Waals surface area contributed by atoms with Crippen LogP contribution in [0.3, 0.4) is 0 Å². The van der Waals surface area contributed by atoms with Crippen molar-refractivity contribution in [1.82, 2.24) is 4.98 Å². The van der Waals surface area contributed by atoms with Crippen LogP contribution in [-0.4, -0.2) is 23.5 Å². The van der Waals surface area contributed by atoms with Crippen molar-refractivity contribution < 1.29 is 0 Å². The first kappa shape index (κ1) is 12.2. The average molecular weight is 304 g/mol. The maximum atomic E-state index is 6.22. The minimum absolute atomic E-state index is 0.313. The van der Waals surface area contributed by atoms with E-state index in [9.17, 15) is 0 Å². The molecule has 16 heavy (non-hydrogen) atoms. The smallest absolute Gasteiger partial charge is 0.128 e. The van der Waals surface area contributed by atoms with E-state index >= 15 is 0 Å². The Bertz CT molecular complexity index is 383. The van der Waals surface area contributed by atoms with Crippen molar-refractivity contribution in [3.8, 4) is 0 Å². The number of piperidine rings is 1. The van der Waals surface area contributed by atoms with E-state index in [1.807, 2.05) is 6.92 Å². The van der Waals surface area contributed by atoms with Crippen LogP contribution < -0.4 is 4.90 Å². The number of aromatic nitrogens is 1. The Kier molecular flexibility index (Phi) is 3.75. The molecule has 0 radical (unpaired) electrons. The molecule has 0 bridgehead atoms. The number of aryl methyl sites for hydroxylation is 1. The minimum Gasteiger partial charge on any atom is -0.356 e. The monoisotopic (exact) mass is 302 g/mol. The highest BCUT2D eigenvalue weighted by atomic mass is 79.9. The molecule has 2 nitrogen and oxygen atoms in total. The van der Waals surface area contributed by atoms with Crippen molar-refractivity contribution in [2.24, 2.45) is 5.92 Å². The van der Waals surface area contributed by atoms with Crippen LogP contribution in [-0.2, 0) is 0 Å². The van der Waals surface area contributed by atoms with E-state index in [2.05, 4.69) is 44.9 Å². The van der Waals surface area contributed by atoms with Crippen molar-refractivity contribution in [1.29, 1.82) is 0 Å². The summed E-state index contributed by atoms with van der Waals surface area (Å²) in [4.78, 5) is 6.91. The van der Waals surface area contributed by atoms with Crippen LogP contribution in [0.25, 0.3) is 0 Å². The second-order valence-electron chi connectivity index (χ2n) is 4.46. The van der Waals surface area contributed by atoms with Gasteiger partial charge >= 0.3 is 0 Å². The van der Waals surface area contributed by atoms with Gasteiger partial charge in [0.05, 0.1) is 5.69 Å². The van der Waals surface area contributed by atoms with Crippen molar-refractivity contribution >= 4 is 33.3 Å². The molecule has 2 rings (SSSR count). The molecule has 0 aromatic carbocycles. The number of pyridine rings is 1. The van der Waals surface area contributed by atoms with Crippen LogP contribution in [0.2, 0.25) is 0 Å². The highest BCUT2D eigenvalue weighted by molar-refractivity contribution is 9.10. The van der Waals surface area contributed by atoms with Gasteiger partial charge in [0.15, 0.2) is 0 Å². The van der Waals surface area contributed by atoms with E-state index in [1.54, 1.807) is 0 Å². The third-order valence-corrected chi connectivity index (χ3v) is 4.62. The molecule has 4 heteroatoms. The van der Waals surface area contributed by atoms with E-state index in [-0.39, 0.29) is 0 Å². The zero-order valence-corrected chi connectivity index (χ0v) is 11.9. The predicted molar refractivity (Wildman–Crippen MR) is 72.3 cm³/mol. The number of rotatable bonds is 1. The van der Waals surface area contributed by atoms with Gasteiger partial charge in [-0.1, -0.05) is 6.92 Å². The molecule has 0 amide bonds. The number of halogens is 2. The number of nitrogens with zero attached hydrogens (tertiary/aromatic N) is 2. The molecule has 2 unspecified atom stereocenters. The summed E-state index contributed by atoms with van der Waals surface area (Å²) in [6.07, 6.45) is 1.04. The molecular weight excluding hydrogens is 288 g/mol. The lowest BCUT2D eigenvalue weighted by atomic mass is 9.99. The van der Waals surface area contributed by atoms with Crippen molar-refractivity contribution in [2.75, 3.05) is 18.0 Å². The van der Waals surface area contributed by atoms with E-state index in [0.29, 0.717) is 11.3 Å². The maximum Gasteiger partial charge on any atom is 0.128 e. The Morgan fingerprint density at radius 1 is 1.50 bits per heavy atom. The second-order valence-corrected chi connectivity index (χ2v) is 5.88. The molecule has 2 heterocycles. The Labute approximate surface area is 110 Å². The first-order chi connectivity index (χ1) is 7.58. The van der Waals surface area contributed by atoms with Crippen LogP contribution in [0.4, 0.5) is 5.82 Å². The summed E-state index contributed by atoms with van der Waals surface area (Å²) in [6, 6.07) is 4.13. The van der Waals surface area contributed by atoms with Gasteiger partial charge in [0.25, 0.3) is 0 Å². The fourth-order valence-electron chi connectivity index (χ4n) is 2.03. The zero-order chi connectivity index (χ0) is 11.7. The van der Waals surface area contributed by atoms with E-state index < -0.39 is 0 Å². The van der Waals surface area contributed by atoms with Gasteiger partial charge < -0.3 is 4.90 Å². The summed E-state index contributed by atoms with van der Waals surface area (Å²) < 4.78 is 1.07. The molecule has 1 aliphatic rings. The van der Waals surface area contributed by atoms with Gasteiger partial charge in [0.2, 0.25) is 0 Å². The first-order valence-corrected chi connectivity index (χ1v) is 6.83. The van der Waals surface area contributed by atoms with E-state index in [4.69, 9.17) is 11.6 Å². The molecule has 1 aromatic heterocycles. The van der Waals surface area contributed by atoms with Gasteiger partial charge in [0.1, 0.15) is 5.82 Å². The number of alkyl halides is 1. The zero-order valence-electron chi connectivity index (χ0n) is 9.58. The highest BCUT2D eigenvalue weighted by Gasteiger charge is 2.25. The van der Waals surface area contributed by atoms with Crippen molar-refractivity contribution in [3.63, 3.8) is 0 Å². The summed E-state index contributed by atoms with van der Waals surface area (Å²) >= 11 is 9.69. The molecule has 0 N–H and O–H groups in total. The van der Waals surface area contributed by atoms with Crippen LogP contribution in [0.1, 0.15) is 19.0 Å². The molecular formula is C12H16BrClN2.